The number of Topliss-reactive ketones (excluding diaryl/α,β-unsaturated/α-hetero) is 1. The monoisotopic (exact) mass is 323 g/mol. The Morgan fingerprint density at radius 2 is 2.08 bits per heavy atom. The molecule has 2 heteroatoms. The Morgan fingerprint density at radius 3 is 2.83 bits per heavy atom. The third kappa shape index (κ3) is 2.03. The van der Waals surface area contributed by atoms with E-state index in [0.717, 1.165) is 44.4 Å². The molecule has 0 radical (unpaired) electrons. The molecule has 0 spiro atoms. The van der Waals surface area contributed by atoms with Crippen molar-refractivity contribution in [1.29, 1.82) is 5.26 Å². The summed E-state index contributed by atoms with van der Waals surface area (Å²) < 4.78 is 0. The molecule has 0 aliphatic heterocycles. The van der Waals surface area contributed by atoms with Gasteiger partial charge in [-0.25, -0.2) is 0 Å². The molecule has 5 atom stereocenters. The van der Waals surface area contributed by atoms with Gasteiger partial charge in [-0.15, -0.1) is 6.58 Å². The quantitative estimate of drug-likeness (QED) is 0.642. The van der Waals surface area contributed by atoms with E-state index >= 15 is 0 Å². The van der Waals surface area contributed by atoms with Crippen molar-refractivity contribution in [2.24, 2.45) is 28.6 Å². The van der Waals surface area contributed by atoms with Crippen LogP contribution >= 0.6 is 0 Å². The van der Waals surface area contributed by atoms with Crippen molar-refractivity contribution in [3.8, 4) is 6.07 Å². The zero-order valence-electron chi connectivity index (χ0n) is 14.9. The van der Waals surface area contributed by atoms with Gasteiger partial charge in [-0.2, -0.15) is 5.26 Å². The topological polar surface area (TPSA) is 40.9 Å². The lowest BCUT2D eigenvalue weighted by molar-refractivity contribution is -0.119. The van der Waals surface area contributed by atoms with E-state index < -0.39 is 0 Å². The van der Waals surface area contributed by atoms with Gasteiger partial charge in [-0.05, 0) is 74.5 Å². The summed E-state index contributed by atoms with van der Waals surface area (Å²) in [5.41, 5.74) is 3.11. The third-order valence-electron chi connectivity index (χ3n) is 8.27. The third-order valence-corrected chi connectivity index (χ3v) is 8.27. The average Bonchev–Trinajstić information content (AvgIpc) is 2.88. The largest absolute Gasteiger partial charge is 0.299 e. The lowest BCUT2D eigenvalue weighted by Gasteiger charge is -2.54. The first-order valence-corrected chi connectivity index (χ1v) is 9.79. The van der Waals surface area contributed by atoms with Crippen LogP contribution in [-0.2, 0) is 4.79 Å². The van der Waals surface area contributed by atoms with Gasteiger partial charge in [0.15, 0.2) is 0 Å². The number of allylic oxidation sites excluding steroid dienone is 3. The molecule has 4 aliphatic rings. The molecule has 0 bridgehead atoms. The molecule has 0 aromatic rings. The molecule has 2 fully saturated rings. The van der Waals surface area contributed by atoms with Gasteiger partial charge in [0, 0.05) is 12.8 Å². The van der Waals surface area contributed by atoms with Crippen molar-refractivity contribution < 1.29 is 4.79 Å². The molecule has 4 rings (SSSR count). The Hall–Kier alpha value is -1.36. The van der Waals surface area contributed by atoms with Gasteiger partial charge < -0.3 is 0 Å². The molecule has 2 nitrogen and oxygen atoms in total. The lowest BCUT2D eigenvalue weighted by atomic mass is 9.50. The fraction of sp³-hybridized carbons (Fsp3) is 0.727. The van der Waals surface area contributed by atoms with Crippen molar-refractivity contribution in [3.63, 3.8) is 0 Å². The second kappa shape index (κ2) is 5.58. The molecule has 0 heterocycles. The number of nitrogens with zero attached hydrogens (tertiary/aromatic N) is 1. The van der Waals surface area contributed by atoms with Gasteiger partial charge in [0.05, 0.1) is 11.5 Å². The Morgan fingerprint density at radius 1 is 1.25 bits per heavy atom. The van der Waals surface area contributed by atoms with Gasteiger partial charge in [0.25, 0.3) is 0 Å². The fourth-order valence-corrected chi connectivity index (χ4v) is 7.00. The summed E-state index contributed by atoms with van der Waals surface area (Å²) in [6, 6.07) is 2.75. The SMILES string of the molecule is C=CC[C@]1(C#N)CC[C@H]2[C@@H]3CCC4=C(CCC(=O)C4)[C@H]3CC[C@@]21C. The minimum atomic E-state index is -0.193. The predicted octanol–water partition coefficient (Wildman–Crippen LogP) is 5.36. The molecule has 0 N–H and O–H groups in total. The zero-order valence-corrected chi connectivity index (χ0v) is 14.9. The van der Waals surface area contributed by atoms with Crippen LogP contribution in [0.5, 0.6) is 0 Å². The first-order chi connectivity index (χ1) is 11.5. The predicted molar refractivity (Wildman–Crippen MR) is 95.0 cm³/mol. The normalized spacial score (nSPS) is 44.3. The minimum absolute atomic E-state index is 0.152. The minimum Gasteiger partial charge on any atom is -0.299 e. The van der Waals surface area contributed by atoms with Crippen molar-refractivity contribution in [2.75, 3.05) is 0 Å². The summed E-state index contributed by atoms with van der Waals surface area (Å²) in [6.45, 7) is 6.34. The van der Waals surface area contributed by atoms with Gasteiger partial charge in [-0.1, -0.05) is 24.1 Å². The molecule has 4 aliphatic carbocycles. The van der Waals surface area contributed by atoms with Gasteiger partial charge >= 0.3 is 0 Å². The van der Waals surface area contributed by atoms with Crippen molar-refractivity contribution in [3.05, 3.63) is 23.8 Å². The van der Waals surface area contributed by atoms with Gasteiger partial charge in [0.2, 0.25) is 0 Å². The van der Waals surface area contributed by atoms with Gasteiger partial charge in [-0.3, -0.25) is 4.79 Å². The number of carbonyl (C=O) groups is 1. The highest BCUT2D eigenvalue weighted by molar-refractivity contribution is 5.82. The van der Waals surface area contributed by atoms with E-state index in [2.05, 4.69) is 19.6 Å². The van der Waals surface area contributed by atoms with E-state index in [4.69, 9.17) is 0 Å². The summed E-state index contributed by atoms with van der Waals surface area (Å²) in [6.07, 6.45) is 12.4. The fourth-order valence-electron chi connectivity index (χ4n) is 7.00. The average molecular weight is 323 g/mol. The summed E-state index contributed by atoms with van der Waals surface area (Å²) in [5.74, 6) is 2.58. The molecule has 0 amide bonds. The number of nitriles is 1. The maximum atomic E-state index is 11.8. The lowest BCUT2D eigenvalue weighted by Crippen LogP contribution is -2.47. The highest BCUT2D eigenvalue weighted by atomic mass is 16.1. The molecule has 2 saturated carbocycles. The van der Waals surface area contributed by atoms with Crippen LogP contribution in [0, 0.1) is 39.9 Å². The van der Waals surface area contributed by atoms with E-state index in [1.807, 2.05) is 6.08 Å². The molecule has 24 heavy (non-hydrogen) atoms. The van der Waals surface area contributed by atoms with Crippen LogP contribution in [0.25, 0.3) is 0 Å². The molecule has 0 aromatic carbocycles. The Labute approximate surface area is 146 Å². The maximum Gasteiger partial charge on any atom is 0.137 e. The number of fused-ring (bicyclic) bond motifs is 4. The summed E-state index contributed by atoms with van der Waals surface area (Å²) in [5, 5.41) is 10.0. The number of rotatable bonds is 2. The van der Waals surface area contributed by atoms with Crippen LogP contribution in [0.15, 0.2) is 23.8 Å². The van der Waals surface area contributed by atoms with E-state index in [1.54, 1.807) is 5.57 Å². The number of hydrogen-bond acceptors (Lipinski definition) is 2. The number of ketones is 1. The standard InChI is InChI=1S/C22H29NO/c1-3-10-22(14-23)12-9-20-19-6-4-15-13-16(24)5-7-17(15)18(19)8-11-21(20,22)2/h3,18-20H,1,4-13H2,2H3/t18-,19-,20+,21+,22-/m1/s1. The second-order valence-corrected chi connectivity index (χ2v) is 8.94. The number of carbonyl (C=O) groups excluding carboxylic acids is 1. The second-order valence-electron chi connectivity index (χ2n) is 8.94. The summed E-state index contributed by atoms with van der Waals surface area (Å²) in [7, 11) is 0. The van der Waals surface area contributed by atoms with Crippen molar-refractivity contribution in [1.82, 2.24) is 0 Å². The van der Waals surface area contributed by atoms with Crippen LogP contribution in [0.3, 0.4) is 0 Å². The van der Waals surface area contributed by atoms with Crippen molar-refractivity contribution in [2.45, 2.75) is 71.1 Å². The Balaban J connectivity index is 1.66. The van der Waals surface area contributed by atoms with Gasteiger partial charge in [0.1, 0.15) is 5.78 Å². The molecule has 0 aromatic heterocycles. The molecular weight excluding hydrogens is 294 g/mol. The molecule has 0 unspecified atom stereocenters. The van der Waals surface area contributed by atoms with Crippen LogP contribution in [0.4, 0.5) is 0 Å². The van der Waals surface area contributed by atoms with Crippen molar-refractivity contribution >= 4 is 5.78 Å². The van der Waals surface area contributed by atoms with E-state index in [9.17, 15) is 10.1 Å². The maximum absolute atomic E-state index is 11.8. The first kappa shape index (κ1) is 16.1. The van der Waals surface area contributed by atoms with E-state index in [0.29, 0.717) is 17.6 Å². The Kier molecular flexibility index (Phi) is 3.75. The highest BCUT2D eigenvalue weighted by Crippen LogP contribution is 2.68. The molecule has 128 valence electrons. The van der Waals surface area contributed by atoms with Crippen LogP contribution in [-0.4, -0.2) is 5.78 Å². The zero-order chi connectivity index (χ0) is 16.9. The smallest absolute Gasteiger partial charge is 0.137 e. The Bertz CT molecular complexity index is 653. The summed E-state index contributed by atoms with van der Waals surface area (Å²) in [4.78, 5) is 11.8. The number of hydrogen-bond donors (Lipinski definition) is 0. The van der Waals surface area contributed by atoms with Crippen LogP contribution < -0.4 is 0 Å². The molecular formula is C22H29NO. The molecule has 0 saturated heterocycles. The summed E-state index contributed by atoms with van der Waals surface area (Å²) >= 11 is 0. The van der Waals surface area contributed by atoms with Crippen LogP contribution in [0.2, 0.25) is 0 Å². The van der Waals surface area contributed by atoms with E-state index in [1.165, 1.54) is 31.3 Å². The first-order valence-electron chi connectivity index (χ1n) is 9.79. The highest BCUT2D eigenvalue weighted by Gasteiger charge is 2.61. The van der Waals surface area contributed by atoms with E-state index in [-0.39, 0.29) is 10.8 Å². The van der Waals surface area contributed by atoms with Crippen LogP contribution in [0.1, 0.15) is 71.1 Å².